The number of rotatable bonds is 8. The minimum absolute atomic E-state index is 0.0861. The Morgan fingerprint density at radius 2 is 1.81 bits per heavy atom. The van der Waals surface area contributed by atoms with Gasteiger partial charge >= 0.3 is 11.5 Å². The summed E-state index contributed by atoms with van der Waals surface area (Å²) in [7, 11) is 1.25. The molecule has 1 amide bonds. The number of nitrogens with one attached hydrogen (secondary N) is 3. The predicted octanol–water partition coefficient (Wildman–Crippen LogP) is 1.08. The highest BCUT2D eigenvalue weighted by Gasteiger charge is 2.22. The molecule has 0 fully saturated rings. The third kappa shape index (κ3) is 5.73. The molecule has 2 aromatic carbocycles. The molecule has 1 atom stereocenters. The molecule has 0 spiro atoms. The lowest BCUT2D eigenvalue weighted by atomic mass is 10.0. The molecule has 4 rings (SSSR count). The van der Waals surface area contributed by atoms with Crippen molar-refractivity contribution in [1.82, 2.24) is 25.3 Å². The molecule has 2 aromatic rings. The Labute approximate surface area is 204 Å². The molecule has 0 aliphatic carbocycles. The van der Waals surface area contributed by atoms with E-state index in [2.05, 4.69) is 30.6 Å². The van der Waals surface area contributed by atoms with Gasteiger partial charge in [0, 0.05) is 23.9 Å². The van der Waals surface area contributed by atoms with Crippen LogP contribution in [0.3, 0.4) is 0 Å². The Kier molecular flexibility index (Phi) is 7.04. The monoisotopic (exact) mass is 489 g/mol. The lowest BCUT2D eigenvalue weighted by molar-refractivity contribution is -0.142. The number of anilines is 2. The predicted molar refractivity (Wildman–Crippen MR) is 130 cm³/mol. The van der Waals surface area contributed by atoms with E-state index in [9.17, 15) is 19.5 Å². The number of aromatic amines is 1. The van der Waals surface area contributed by atoms with Gasteiger partial charge in [0.25, 0.3) is 5.91 Å². The number of ether oxygens (including phenoxy) is 1. The number of carbonyl (C=O) groups is 2. The molecule has 184 valence electrons. The second-order valence-corrected chi connectivity index (χ2v) is 7.83. The quantitative estimate of drug-likeness (QED) is 0.224. The number of phenolic OH excluding ortho intramolecular Hbond substituents is 1. The van der Waals surface area contributed by atoms with Crippen LogP contribution >= 0.6 is 0 Å². The highest BCUT2D eigenvalue weighted by Crippen LogP contribution is 2.15. The summed E-state index contributed by atoms with van der Waals surface area (Å²) < 4.78 is 4.82. The van der Waals surface area contributed by atoms with Crippen LogP contribution < -0.4 is 21.9 Å². The zero-order valence-electron chi connectivity index (χ0n) is 19.2. The van der Waals surface area contributed by atoms with Crippen LogP contribution in [0.2, 0.25) is 0 Å². The van der Waals surface area contributed by atoms with E-state index in [1.165, 1.54) is 19.2 Å². The number of hydrogen-bond acceptors (Lipinski definition) is 10. The van der Waals surface area contributed by atoms with Gasteiger partial charge in [-0.05, 0) is 42.0 Å². The number of H-pyrrole nitrogens is 1. The van der Waals surface area contributed by atoms with Crippen LogP contribution in [0, 0.1) is 0 Å². The molecule has 12 heteroatoms. The van der Waals surface area contributed by atoms with Crippen LogP contribution in [0.5, 0.6) is 5.75 Å². The number of carbonyl (C=O) groups excluding carboxylic acids is 2. The first-order chi connectivity index (χ1) is 17.3. The van der Waals surface area contributed by atoms with Crippen LogP contribution in [-0.4, -0.2) is 50.1 Å². The average Bonchev–Trinajstić information content (AvgIpc) is 2.88. The molecule has 6 N–H and O–H groups in total. The van der Waals surface area contributed by atoms with Gasteiger partial charge in [-0.2, -0.15) is 9.97 Å². The number of fused-ring (bicyclic) bond motifs is 1. The Hall–Kier alpha value is -5.00. The fourth-order valence-electron chi connectivity index (χ4n) is 3.45. The van der Waals surface area contributed by atoms with E-state index < -0.39 is 23.5 Å². The second-order valence-electron chi connectivity index (χ2n) is 7.83. The van der Waals surface area contributed by atoms with Crippen LogP contribution in [-0.2, 0) is 22.5 Å². The van der Waals surface area contributed by atoms with Crippen LogP contribution in [0.15, 0.2) is 59.5 Å². The Morgan fingerprint density at radius 1 is 1.08 bits per heavy atom. The number of benzene rings is 2. The van der Waals surface area contributed by atoms with Crippen molar-refractivity contribution in [2.75, 3.05) is 18.2 Å². The first kappa shape index (κ1) is 24.1. The number of phenols is 1. The fraction of sp³-hybridized carbons (Fsp3) is 0.167. The zero-order chi connectivity index (χ0) is 25.7. The van der Waals surface area contributed by atoms with Gasteiger partial charge in [-0.1, -0.05) is 12.1 Å². The summed E-state index contributed by atoms with van der Waals surface area (Å²) in [5.74, 6) is -0.788. The van der Waals surface area contributed by atoms with Crippen LogP contribution in [0.25, 0.3) is 11.5 Å². The van der Waals surface area contributed by atoms with E-state index in [1.807, 2.05) is 0 Å². The SMILES string of the molecule is COC(=O)[C@H](Cc1ccc(O)cc1)NC(=O)c1ccc(NCc2c[nH]c3nc(N)nc(=O)c-3n2)cc1. The van der Waals surface area contributed by atoms with Crippen LogP contribution in [0.4, 0.5) is 11.6 Å². The van der Waals surface area contributed by atoms with E-state index in [1.54, 1.807) is 42.6 Å². The Bertz CT molecular complexity index is 1400. The molecule has 0 bridgehead atoms. The van der Waals surface area contributed by atoms with E-state index in [0.29, 0.717) is 23.5 Å². The zero-order valence-corrected chi connectivity index (χ0v) is 19.2. The number of esters is 1. The molecule has 0 unspecified atom stereocenters. The molecule has 0 saturated heterocycles. The summed E-state index contributed by atoms with van der Waals surface area (Å²) in [6.45, 7) is 0.291. The average molecular weight is 489 g/mol. The van der Waals surface area contributed by atoms with Crippen LogP contribution in [0.1, 0.15) is 21.6 Å². The van der Waals surface area contributed by atoms with Gasteiger partial charge in [0.05, 0.1) is 19.3 Å². The van der Waals surface area contributed by atoms with Crippen molar-refractivity contribution < 1.29 is 19.4 Å². The summed E-state index contributed by atoms with van der Waals surface area (Å²) >= 11 is 0. The summed E-state index contributed by atoms with van der Waals surface area (Å²) in [6, 6.07) is 12.1. The van der Waals surface area contributed by atoms with Gasteiger partial charge in [0.2, 0.25) is 5.95 Å². The second kappa shape index (κ2) is 10.5. The van der Waals surface area contributed by atoms with Gasteiger partial charge in [-0.3, -0.25) is 9.59 Å². The third-order valence-corrected chi connectivity index (χ3v) is 5.29. The summed E-state index contributed by atoms with van der Waals surface area (Å²) in [6.07, 6.45) is 1.81. The Balaban J connectivity index is 1.39. The Morgan fingerprint density at radius 3 is 2.50 bits per heavy atom. The first-order valence-corrected chi connectivity index (χ1v) is 10.8. The summed E-state index contributed by atoms with van der Waals surface area (Å²) in [5.41, 5.74) is 7.35. The number of aromatic nitrogens is 4. The van der Waals surface area contributed by atoms with Crippen molar-refractivity contribution in [1.29, 1.82) is 0 Å². The van der Waals surface area contributed by atoms with E-state index in [-0.39, 0.29) is 29.6 Å². The molecule has 0 radical (unpaired) electrons. The molecular formula is C24H23N7O5. The van der Waals surface area contributed by atoms with Gasteiger partial charge < -0.3 is 31.2 Å². The van der Waals surface area contributed by atoms with Crippen molar-refractivity contribution in [3.8, 4) is 17.3 Å². The normalized spacial score (nSPS) is 11.6. The molecular weight excluding hydrogens is 466 g/mol. The topological polar surface area (TPSA) is 185 Å². The minimum atomic E-state index is -0.898. The van der Waals surface area contributed by atoms with E-state index in [0.717, 1.165) is 5.56 Å². The maximum atomic E-state index is 12.7. The lowest BCUT2D eigenvalue weighted by Crippen LogP contribution is -2.43. The highest BCUT2D eigenvalue weighted by atomic mass is 16.5. The molecule has 2 aliphatic heterocycles. The van der Waals surface area contributed by atoms with Gasteiger partial charge in [-0.25, -0.2) is 9.78 Å². The maximum absolute atomic E-state index is 12.7. The van der Waals surface area contributed by atoms with Crippen molar-refractivity contribution in [2.45, 2.75) is 19.0 Å². The molecule has 12 nitrogen and oxygen atoms in total. The number of hydrogen-bond donors (Lipinski definition) is 5. The van der Waals surface area contributed by atoms with Gasteiger partial charge in [0.15, 0.2) is 11.5 Å². The van der Waals surface area contributed by atoms with E-state index >= 15 is 0 Å². The maximum Gasteiger partial charge on any atom is 0.328 e. The minimum Gasteiger partial charge on any atom is -0.508 e. The van der Waals surface area contributed by atoms with Gasteiger partial charge in [-0.15, -0.1) is 0 Å². The van der Waals surface area contributed by atoms with Crippen molar-refractivity contribution in [3.05, 3.63) is 81.9 Å². The van der Waals surface area contributed by atoms with Crippen molar-refractivity contribution in [3.63, 3.8) is 0 Å². The summed E-state index contributed by atoms with van der Waals surface area (Å²) in [5, 5.41) is 15.3. The molecule has 36 heavy (non-hydrogen) atoms. The number of nitrogens with zero attached hydrogens (tertiary/aromatic N) is 3. The smallest absolute Gasteiger partial charge is 0.328 e. The van der Waals surface area contributed by atoms with E-state index in [4.69, 9.17) is 10.5 Å². The first-order valence-electron chi connectivity index (χ1n) is 10.8. The van der Waals surface area contributed by atoms with Crippen molar-refractivity contribution >= 4 is 23.5 Å². The fourth-order valence-corrected chi connectivity index (χ4v) is 3.45. The number of amides is 1. The number of aromatic hydroxyl groups is 1. The summed E-state index contributed by atoms with van der Waals surface area (Å²) in [4.78, 5) is 51.6. The number of nitrogen functional groups attached to an aromatic ring is 1. The van der Waals surface area contributed by atoms with Gasteiger partial charge in [0.1, 0.15) is 11.8 Å². The molecule has 0 aromatic heterocycles. The standard InChI is InChI=1S/C24H23N7O5/c1-36-23(35)18(10-13-2-8-17(32)9-3-13)29-21(33)14-4-6-15(7-5-14)26-11-16-12-27-20-19(28-16)22(34)31-24(25)30-20/h2-9,12,18,26,32H,10-11H2,1H3,(H,29,33)(H3,25,27,30,31,34)/t18-/m0/s1. The largest absolute Gasteiger partial charge is 0.508 e. The number of methoxy groups -OCH3 is 1. The van der Waals surface area contributed by atoms with Crippen molar-refractivity contribution in [2.24, 2.45) is 0 Å². The molecule has 2 aliphatic rings. The molecule has 0 saturated carbocycles. The lowest BCUT2D eigenvalue weighted by Gasteiger charge is -2.17. The highest BCUT2D eigenvalue weighted by molar-refractivity contribution is 5.97. The molecule has 2 heterocycles. The number of nitrogens with two attached hydrogens (primary N) is 1. The third-order valence-electron chi connectivity index (χ3n) is 5.29.